The van der Waals surface area contributed by atoms with Crippen molar-refractivity contribution >= 4 is 22.8 Å². The first-order valence-corrected chi connectivity index (χ1v) is 12.0. The van der Waals surface area contributed by atoms with E-state index in [0.29, 0.717) is 13.0 Å². The Bertz CT molecular complexity index is 1120. The number of ether oxygens (including phenoxy) is 1. The second kappa shape index (κ2) is 12.2. The Morgan fingerprint density at radius 1 is 1.12 bits per heavy atom. The van der Waals surface area contributed by atoms with E-state index in [9.17, 15) is 9.59 Å². The van der Waals surface area contributed by atoms with Gasteiger partial charge in [-0.1, -0.05) is 37.6 Å². The molecule has 7 nitrogen and oxygen atoms in total. The van der Waals surface area contributed by atoms with Crippen LogP contribution in [0.25, 0.3) is 11.0 Å². The van der Waals surface area contributed by atoms with E-state index < -0.39 is 0 Å². The summed E-state index contributed by atoms with van der Waals surface area (Å²) < 4.78 is 7.68. The maximum Gasteiger partial charge on any atom is 0.257 e. The van der Waals surface area contributed by atoms with Gasteiger partial charge >= 0.3 is 0 Å². The molecule has 0 unspecified atom stereocenters. The van der Waals surface area contributed by atoms with Gasteiger partial charge in [0.2, 0.25) is 5.91 Å². The van der Waals surface area contributed by atoms with Crippen molar-refractivity contribution in [1.82, 2.24) is 19.8 Å². The summed E-state index contributed by atoms with van der Waals surface area (Å²) in [5.41, 5.74) is 3.94. The lowest BCUT2D eigenvalue weighted by Crippen LogP contribution is -2.32. The zero-order valence-electron chi connectivity index (χ0n) is 20.8. The van der Waals surface area contributed by atoms with Crippen molar-refractivity contribution in [2.75, 3.05) is 26.7 Å². The van der Waals surface area contributed by atoms with Crippen LogP contribution in [0, 0.1) is 13.8 Å². The molecule has 0 saturated carbocycles. The van der Waals surface area contributed by atoms with Gasteiger partial charge in [0.1, 0.15) is 18.1 Å². The van der Waals surface area contributed by atoms with Gasteiger partial charge in [-0.2, -0.15) is 0 Å². The molecule has 1 N–H and O–H groups in total. The summed E-state index contributed by atoms with van der Waals surface area (Å²) in [7, 11) is 1.85. The molecule has 1 heterocycles. The van der Waals surface area contributed by atoms with Gasteiger partial charge in [-0.25, -0.2) is 4.98 Å². The maximum atomic E-state index is 12.8. The molecule has 3 rings (SSSR count). The van der Waals surface area contributed by atoms with E-state index in [4.69, 9.17) is 9.72 Å². The van der Waals surface area contributed by atoms with Crippen molar-refractivity contribution in [3.8, 4) is 5.75 Å². The number of likely N-dealkylation sites (N-methyl/N-ethyl adjacent to an activating group) is 1. The Morgan fingerprint density at radius 2 is 1.91 bits per heavy atom. The highest BCUT2D eigenvalue weighted by atomic mass is 16.5. The van der Waals surface area contributed by atoms with Gasteiger partial charge in [0.05, 0.1) is 11.0 Å². The number of unbranched alkanes of at least 4 members (excludes halogenated alkanes) is 1. The lowest BCUT2D eigenvalue weighted by molar-refractivity contribution is -0.130. The number of hydrogen-bond donors (Lipinski definition) is 1. The highest BCUT2D eigenvalue weighted by Crippen LogP contribution is 2.19. The third kappa shape index (κ3) is 6.83. The number of rotatable bonds is 12. The van der Waals surface area contributed by atoms with Crippen LogP contribution in [0.5, 0.6) is 5.75 Å². The molecule has 0 saturated heterocycles. The minimum Gasteiger partial charge on any atom is -0.483 e. The summed E-state index contributed by atoms with van der Waals surface area (Å²) in [6, 6.07) is 13.8. The van der Waals surface area contributed by atoms with Crippen LogP contribution in [0.2, 0.25) is 0 Å². The first kappa shape index (κ1) is 25.3. The van der Waals surface area contributed by atoms with Crippen LogP contribution in [-0.2, 0) is 22.6 Å². The van der Waals surface area contributed by atoms with Crippen LogP contribution in [0.15, 0.2) is 42.5 Å². The van der Waals surface area contributed by atoms with Gasteiger partial charge in [0.15, 0.2) is 6.61 Å². The number of carbonyl (C=O) groups excluding carboxylic acids is 2. The average molecular weight is 465 g/mol. The summed E-state index contributed by atoms with van der Waals surface area (Å²) in [4.78, 5) is 31.5. The number of aryl methyl sites for hydroxylation is 3. The number of carbonyl (C=O) groups is 2. The molecule has 0 aliphatic heterocycles. The highest BCUT2D eigenvalue weighted by Gasteiger charge is 2.16. The molecule has 0 aliphatic carbocycles. The fraction of sp³-hybridized carbons (Fsp3) is 0.444. The van der Waals surface area contributed by atoms with E-state index in [2.05, 4.69) is 12.2 Å². The predicted octanol–water partition coefficient (Wildman–Crippen LogP) is 4.04. The molecule has 0 aliphatic rings. The molecule has 2 amide bonds. The van der Waals surface area contributed by atoms with Gasteiger partial charge in [-0.05, 0) is 56.0 Å². The molecule has 7 heteroatoms. The number of para-hydroxylation sites is 2. The quantitative estimate of drug-likeness (QED) is 0.411. The molecule has 0 fully saturated rings. The SMILES string of the molecule is CCCCN(C)C(=O)Cn1c(CCCNC(=O)COc2cc(C)ccc2C)nc2ccccc21. The van der Waals surface area contributed by atoms with Gasteiger partial charge in [0, 0.05) is 26.6 Å². The van der Waals surface area contributed by atoms with Crippen LogP contribution in [0.3, 0.4) is 0 Å². The standard InChI is InChI=1S/C27H36N4O3/c1-5-6-16-30(4)27(33)18-31-23-11-8-7-10-22(23)29-25(31)12-9-15-28-26(32)19-34-24-17-20(2)13-14-21(24)3/h7-8,10-11,13-14,17H,5-6,9,12,15-16,18-19H2,1-4H3,(H,28,32). The minimum atomic E-state index is -0.151. The van der Waals surface area contributed by atoms with Gasteiger partial charge in [-0.15, -0.1) is 0 Å². The molecular weight excluding hydrogens is 428 g/mol. The number of nitrogens with zero attached hydrogens (tertiary/aromatic N) is 3. The fourth-order valence-electron chi connectivity index (χ4n) is 3.80. The van der Waals surface area contributed by atoms with Crippen molar-refractivity contribution in [3.63, 3.8) is 0 Å². The van der Waals surface area contributed by atoms with E-state index in [1.54, 1.807) is 4.90 Å². The topological polar surface area (TPSA) is 76.5 Å². The van der Waals surface area contributed by atoms with Crippen molar-refractivity contribution in [3.05, 3.63) is 59.4 Å². The Hall–Kier alpha value is -3.35. The Kier molecular flexibility index (Phi) is 9.08. The van der Waals surface area contributed by atoms with Crippen molar-refractivity contribution in [2.24, 2.45) is 0 Å². The Balaban J connectivity index is 1.54. The van der Waals surface area contributed by atoms with E-state index >= 15 is 0 Å². The number of hydrogen-bond acceptors (Lipinski definition) is 4. The van der Waals surface area contributed by atoms with E-state index in [0.717, 1.165) is 59.5 Å². The number of benzene rings is 2. The third-order valence-electron chi connectivity index (χ3n) is 5.90. The number of aromatic nitrogens is 2. The van der Waals surface area contributed by atoms with E-state index in [1.807, 2.05) is 67.9 Å². The predicted molar refractivity (Wildman–Crippen MR) is 135 cm³/mol. The largest absolute Gasteiger partial charge is 0.483 e. The van der Waals surface area contributed by atoms with Crippen LogP contribution in [-0.4, -0.2) is 53.0 Å². The molecule has 0 bridgehead atoms. The number of nitrogens with one attached hydrogen (secondary N) is 1. The maximum absolute atomic E-state index is 12.8. The van der Waals surface area contributed by atoms with Crippen LogP contribution in [0.1, 0.15) is 43.1 Å². The second-order valence-corrected chi connectivity index (χ2v) is 8.78. The lowest BCUT2D eigenvalue weighted by Gasteiger charge is -2.18. The van der Waals surface area contributed by atoms with Crippen molar-refractivity contribution in [2.45, 2.75) is 53.0 Å². The first-order chi connectivity index (χ1) is 16.4. The summed E-state index contributed by atoms with van der Waals surface area (Å²) >= 11 is 0. The van der Waals surface area contributed by atoms with Crippen molar-refractivity contribution < 1.29 is 14.3 Å². The molecule has 182 valence electrons. The molecule has 0 atom stereocenters. The second-order valence-electron chi connectivity index (χ2n) is 8.78. The van der Waals surface area contributed by atoms with Crippen LogP contribution >= 0.6 is 0 Å². The molecular formula is C27H36N4O3. The third-order valence-corrected chi connectivity index (χ3v) is 5.90. The molecule has 1 aromatic heterocycles. The zero-order chi connectivity index (χ0) is 24.5. The normalized spacial score (nSPS) is 10.9. The van der Waals surface area contributed by atoms with Crippen LogP contribution < -0.4 is 10.1 Å². The van der Waals surface area contributed by atoms with E-state index in [-0.39, 0.29) is 25.0 Å². The molecule has 0 spiro atoms. The van der Waals surface area contributed by atoms with Crippen molar-refractivity contribution in [1.29, 1.82) is 0 Å². The summed E-state index contributed by atoms with van der Waals surface area (Å²) in [5, 5.41) is 2.92. The summed E-state index contributed by atoms with van der Waals surface area (Å²) in [6.45, 7) is 7.61. The van der Waals surface area contributed by atoms with Gasteiger partial charge in [-0.3, -0.25) is 9.59 Å². The Labute approximate surface area is 202 Å². The first-order valence-electron chi connectivity index (χ1n) is 12.0. The smallest absolute Gasteiger partial charge is 0.257 e. The number of imidazole rings is 1. The molecule has 3 aromatic rings. The minimum absolute atomic E-state index is 0.0125. The average Bonchev–Trinajstić information content (AvgIpc) is 3.17. The molecule has 0 radical (unpaired) electrons. The number of amides is 2. The van der Waals surface area contributed by atoms with Crippen LogP contribution in [0.4, 0.5) is 0 Å². The summed E-state index contributed by atoms with van der Waals surface area (Å²) in [5.74, 6) is 1.52. The van der Waals surface area contributed by atoms with Gasteiger partial charge in [0.25, 0.3) is 5.91 Å². The zero-order valence-corrected chi connectivity index (χ0v) is 20.8. The molecule has 2 aromatic carbocycles. The monoisotopic (exact) mass is 464 g/mol. The van der Waals surface area contributed by atoms with E-state index in [1.165, 1.54) is 0 Å². The van der Waals surface area contributed by atoms with Gasteiger partial charge < -0.3 is 19.5 Å². The lowest BCUT2D eigenvalue weighted by atomic mass is 10.1. The Morgan fingerprint density at radius 3 is 2.71 bits per heavy atom. The number of fused-ring (bicyclic) bond motifs is 1. The molecule has 34 heavy (non-hydrogen) atoms. The highest BCUT2D eigenvalue weighted by molar-refractivity contribution is 5.81. The summed E-state index contributed by atoms with van der Waals surface area (Å²) in [6.07, 6.45) is 3.43. The fourth-order valence-corrected chi connectivity index (χ4v) is 3.80.